The highest BCUT2D eigenvalue weighted by Crippen LogP contribution is 2.26. The summed E-state index contributed by atoms with van der Waals surface area (Å²) < 4.78 is 16.0. The second kappa shape index (κ2) is 1.35. The third kappa shape index (κ3) is 0.502. The third-order valence-corrected chi connectivity index (χ3v) is 0.977. The van der Waals surface area contributed by atoms with E-state index < -0.39 is 5.56 Å². The van der Waals surface area contributed by atoms with Gasteiger partial charge < -0.3 is 4.74 Å². The molecule has 35 valence electrons. The summed E-state index contributed by atoms with van der Waals surface area (Å²) in [5.41, 5.74) is -0.745. The quantitative estimate of drug-likeness (QED) is 0.423. The summed E-state index contributed by atoms with van der Waals surface area (Å²) in [6.45, 7) is 0.0914. The fourth-order valence-corrected chi connectivity index (χ4v) is 0.335. The number of alkyl halides is 1. The van der Waals surface area contributed by atoms with Crippen molar-refractivity contribution in [3.63, 3.8) is 0 Å². The van der Waals surface area contributed by atoms with Crippen LogP contribution in [0.3, 0.4) is 0 Å². The lowest BCUT2D eigenvalue weighted by Crippen LogP contribution is -2.29. The lowest BCUT2D eigenvalue weighted by atomic mass is 10.3. The van der Waals surface area contributed by atoms with Crippen molar-refractivity contribution in [2.24, 2.45) is 0 Å². The normalized spacial score (nSPS) is 36.0. The molecule has 1 fully saturated rings. The smallest absolute Gasteiger partial charge is 0.213 e. The lowest BCUT2D eigenvalue weighted by molar-refractivity contribution is -0.0125. The molecule has 1 rings (SSSR count). The molecule has 1 heterocycles. The first-order valence-corrected chi connectivity index (χ1v) is 2.01. The first kappa shape index (κ1) is 4.34. The van der Waals surface area contributed by atoms with Crippen molar-refractivity contribution in [1.82, 2.24) is 0 Å². The molecular formula is C3H3ClFO. The molecule has 1 unspecified atom stereocenters. The minimum Gasteiger partial charge on any atom is -0.355 e. The molecule has 1 atom stereocenters. The summed E-state index contributed by atoms with van der Waals surface area (Å²) in [5, 5.41) is 0. The maximum Gasteiger partial charge on any atom is 0.213 e. The number of rotatable bonds is 0. The Morgan fingerprint density at radius 2 is 2.50 bits per heavy atom. The van der Waals surface area contributed by atoms with Crippen LogP contribution in [0.15, 0.2) is 0 Å². The molecule has 3 heteroatoms. The van der Waals surface area contributed by atoms with Crippen LogP contribution in [-0.4, -0.2) is 12.2 Å². The highest BCUT2D eigenvalue weighted by atomic mass is 35.5. The van der Waals surface area contributed by atoms with Crippen LogP contribution < -0.4 is 0 Å². The van der Waals surface area contributed by atoms with E-state index in [-0.39, 0.29) is 12.8 Å². The average Bonchev–Trinajstić information content (AvgIpc) is 1.61. The van der Waals surface area contributed by atoms with E-state index >= 15 is 0 Å². The molecule has 0 spiro atoms. The lowest BCUT2D eigenvalue weighted by Gasteiger charge is -2.22. The van der Waals surface area contributed by atoms with Crippen molar-refractivity contribution in [3.8, 4) is 0 Å². The Morgan fingerprint density at radius 3 is 2.50 bits per heavy atom. The van der Waals surface area contributed by atoms with Gasteiger partial charge in [-0.25, -0.2) is 4.39 Å². The molecule has 1 saturated heterocycles. The minimum absolute atomic E-state index is 0.0914. The molecule has 1 radical (unpaired) electrons. The average molecular weight is 110 g/mol. The van der Waals surface area contributed by atoms with Crippen LogP contribution in [0.2, 0.25) is 0 Å². The molecule has 0 bridgehead atoms. The Balaban J connectivity index is 2.20. The molecule has 0 aliphatic carbocycles. The summed E-state index contributed by atoms with van der Waals surface area (Å²) >= 11 is 5.07. The van der Waals surface area contributed by atoms with Gasteiger partial charge in [0, 0.05) is 0 Å². The maximum absolute atomic E-state index is 11.6. The molecule has 0 aromatic carbocycles. The molecule has 0 N–H and O–H groups in total. The van der Waals surface area contributed by atoms with Crippen LogP contribution in [0, 0.1) is 6.17 Å². The Kier molecular flexibility index (Phi) is 0.979. The Labute approximate surface area is 40.0 Å². The van der Waals surface area contributed by atoms with Gasteiger partial charge in [0.05, 0.1) is 6.61 Å². The SMILES string of the molecule is F[C]1COC1Cl. The van der Waals surface area contributed by atoms with Crippen LogP contribution in [0.5, 0.6) is 0 Å². The van der Waals surface area contributed by atoms with Gasteiger partial charge in [0.15, 0.2) is 5.56 Å². The topological polar surface area (TPSA) is 9.23 Å². The van der Waals surface area contributed by atoms with E-state index in [0.29, 0.717) is 0 Å². The van der Waals surface area contributed by atoms with E-state index in [2.05, 4.69) is 4.74 Å². The van der Waals surface area contributed by atoms with Crippen molar-refractivity contribution in [1.29, 1.82) is 0 Å². The Bertz CT molecular complexity index is 50.8. The number of halogens is 2. The third-order valence-electron chi connectivity index (χ3n) is 0.614. The second-order valence-corrected chi connectivity index (χ2v) is 1.47. The summed E-state index contributed by atoms with van der Waals surface area (Å²) in [5.74, 6) is 0. The predicted octanol–water partition coefficient (Wildman–Crippen LogP) is 1.08. The zero-order valence-corrected chi connectivity index (χ0v) is 3.70. The Hall–Kier alpha value is 0.180. The van der Waals surface area contributed by atoms with Gasteiger partial charge in [0.1, 0.15) is 0 Å². The van der Waals surface area contributed by atoms with Crippen LogP contribution >= 0.6 is 11.6 Å². The highest BCUT2D eigenvalue weighted by molar-refractivity contribution is 6.21. The summed E-state index contributed by atoms with van der Waals surface area (Å²) in [7, 11) is 0. The Morgan fingerprint density at radius 1 is 2.00 bits per heavy atom. The predicted molar refractivity (Wildman–Crippen MR) is 19.9 cm³/mol. The van der Waals surface area contributed by atoms with Gasteiger partial charge in [-0.15, -0.1) is 0 Å². The van der Waals surface area contributed by atoms with E-state index in [1.807, 2.05) is 0 Å². The van der Waals surface area contributed by atoms with Gasteiger partial charge in [0.25, 0.3) is 0 Å². The fraction of sp³-hybridized carbons (Fsp3) is 0.667. The van der Waals surface area contributed by atoms with Crippen LogP contribution in [0.25, 0.3) is 0 Å². The number of hydrogen-bond donors (Lipinski definition) is 0. The molecule has 1 aliphatic rings. The zero-order valence-electron chi connectivity index (χ0n) is 2.95. The van der Waals surface area contributed by atoms with Crippen LogP contribution in [-0.2, 0) is 4.74 Å². The van der Waals surface area contributed by atoms with Gasteiger partial charge in [-0.3, -0.25) is 0 Å². The molecular weight excluding hydrogens is 106 g/mol. The van der Waals surface area contributed by atoms with Gasteiger partial charge >= 0.3 is 0 Å². The maximum atomic E-state index is 11.6. The van der Waals surface area contributed by atoms with Gasteiger partial charge in [-0.05, 0) is 0 Å². The molecule has 0 aromatic rings. The van der Waals surface area contributed by atoms with E-state index in [4.69, 9.17) is 11.6 Å². The van der Waals surface area contributed by atoms with Crippen molar-refractivity contribution >= 4 is 11.6 Å². The molecule has 1 aliphatic heterocycles. The van der Waals surface area contributed by atoms with Crippen molar-refractivity contribution in [2.75, 3.05) is 6.61 Å². The molecule has 0 amide bonds. The largest absolute Gasteiger partial charge is 0.355 e. The first-order valence-electron chi connectivity index (χ1n) is 1.57. The van der Waals surface area contributed by atoms with Crippen LogP contribution in [0.4, 0.5) is 4.39 Å². The number of hydrogen-bond acceptors (Lipinski definition) is 1. The van der Waals surface area contributed by atoms with E-state index in [1.54, 1.807) is 0 Å². The van der Waals surface area contributed by atoms with Gasteiger partial charge in [-0.2, -0.15) is 0 Å². The van der Waals surface area contributed by atoms with Crippen LogP contribution in [0.1, 0.15) is 0 Å². The first-order chi connectivity index (χ1) is 2.80. The fourth-order valence-electron chi connectivity index (χ4n) is 0.209. The van der Waals surface area contributed by atoms with Crippen molar-refractivity contribution in [3.05, 3.63) is 6.17 Å². The summed E-state index contributed by atoms with van der Waals surface area (Å²) in [4.78, 5) is 0. The molecule has 6 heavy (non-hydrogen) atoms. The monoisotopic (exact) mass is 109 g/mol. The summed E-state index contributed by atoms with van der Waals surface area (Å²) in [6.07, 6.45) is -0.267. The zero-order chi connectivity index (χ0) is 4.57. The molecule has 0 aromatic heterocycles. The summed E-state index contributed by atoms with van der Waals surface area (Å²) in [6, 6.07) is 0. The van der Waals surface area contributed by atoms with Gasteiger partial charge in [0.2, 0.25) is 6.17 Å². The van der Waals surface area contributed by atoms with Crippen molar-refractivity contribution in [2.45, 2.75) is 5.56 Å². The van der Waals surface area contributed by atoms with E-state index in [1.165, 1.54) is 0 Å². The molecule has 0 saturated carbocycles. The highest BCUT2D eigenvalue weighted by Gasteiger charge is 2.31. The second-order valence-electron chi connectivity index (χ2n) is 1.07. The standard InChI is InChI=1S/C3H3ClFO/c4-3-2(5)1-6-3/h3H,1H2. The number of ether oxygens (including phenoxy) is 1. The van der Waals surface area contributed by atoms with E-state index in [9.17, 15) is 4.39 Å². The van der Waals surface area contributed by atoms with Gasteiger partial charge in [-0.1, -0.05) is 11.6 Å². The minimum atomic E-state index is -0.745. The van der Waals surface area contributed by atoms with E-state index in [0.717, 1.165) is 0 Å². The molecule has 1 nitrogen and oxygen atoms in total. The van der Waals surface area contributed by atoms with Crippen molar-refractivity contribution < 1.29 is 9.13 Å².